The predicted octanol–water partition coefficient (Wildman–Crippen LogP) is 5.71. The largest absolute Gasteiger partial charge is 0.365 e. The van der Waals surface area contributed by atoms with Crippen LogP contribution in [0.5, 0.6) is 0 Å². The van der Waals surface area contributed by atoms with Crippen LogP contribution in [-0.4, -0.2) is 15.5 Å². The van der Waals surface area contributed by atoms with Gasteiger partial charge in [-0.05, 0) is 68.5 Å². The fourth-order valence-electron chi connectivity index (χ4n) is 3.34. The van der Waals surface area contributed by atoms with E-state index in [2.05, 4.69) is 56.8 Å². The zero-order valence-electron chi connectivity index (χ0n) is 14.9. The summed E-state index contributed by atoms with van der Waals surface area (Å²) in [4.78, 5) is 11.5. The lowest BCUT2D eigenvalue weighted by Crippen LogP contribution is -2.27. The van der Waals surface area contributed by atoms with Crippen LogP contribution in [0, 0.1) is 11.3 Å². The number of rotatable bonds is 1. The molecular weight excluding hydrogens is 326 g/mol. The first-order chi connectivity index (χ1) is 10.5. The molecule has 3 nitrogen and oxygen atoms in total. The van der Waals surface area contributed by atoms with Gasteiger partial charge in [0.2, 0.25) is 5.28 Å². The van der Waals surface area contributed by atoms with Gasteiger partial charge >= 0.3 is 0 Å². The number of aryl methyl sites for hydroxylation is 1. The van der Waals surface area contributed by atoms with Crippen molar-refractivity contribution < 1.29 is 0 Å². The number of nitrogens with one attached hydrogen (secondary N) is 1. The number of hydrogen-bond donors (Lipinski definition) is 1. The Hall–Kier alpha value is -0.870. The summed E-state index contributed by atoms with van der Waals surface area (Å²) in [6, 6.07) is 0. The average molecular weight is 352 g/mol. The summed E-state index contributed by atoms with van der Waals surface area (Å²) in [5, 5.41) is 5.03. The molecule has 23 heavy (non-hydrogen) atoms. The molecule has 0 aromatic carbocycles. The third-order valence-corrected chi connectivity index (χ3v) is 5.92. The van der Waals surface area contributed by atoms with E-state index in [0.717, 1.165) is 29.4 Å². The van der Waals surface area contributed by atoms with Gasteiger partial charge in [0.25, 0.3) is 0 Å². The molecule has 0 bridgehead atoms. The summed E-state index contributed by atoms with van der Waals surface area (Å²) >= 11 is 7.96. The molecule has 126 valence electrons. The Labute approximate surface area is 147 Å². The highest BCUT2D eigenvalue weighted by Crippen LogP contribution is 2.44. The van der Waals surface area contributed by atoms with Gasteiger partial charge in [0.1, 0.15) is 10.6 Å². The molecule has 1 aliphatic carbocycles. The molecule has 1 unspecified atom stereocenters. The minimum absolute atomic E-state index is 0.0535. The number of nitrogens with zero attached hydrogens (tertiary/aromatic N) is 2. The zero-order chi connectivity index (χ0) is 17.0. The van der Waals surface area contributed by atoms with Crippen LogP contribution in [0.1, 0.15) is 58.4 Å². The average Bonchev–Trinajstić information content (AvgIpc) is 2.72. The van der Waals surface area contributed by atoms with Crippen LogP contribution in [0.25, 0.3) is 10.2 Å². The maximum Gasteiger partial charge on any atom is 0.225 e. The molecule has 2 heterocycles. The van der Waals surface area contributed by atoms with Gasteiger partial charge in [0.05, 0.1) is 5.39 Å². The maximum atomic E-state index is 6.16. The van der Waals surface area contributed by atoms with E-state index in [-0.39, 0.29) is 5.54 Å². The van der Waals surface area contributed by atoms with Gasteiger partial charge in [-0.15, -0.1) is 11.3 Å². The summed E-state index contributed by atoms with van der Waals surface area (Å²) in [7, 11) is 0. The van der Waals surface area contributed by atoms with Gasteiger partial charge in [-0.1, -0.05) is 20.8 Å². The Morgan fingerprint density at radius 3 is 2.43 bits per heavy atom. The number of fused-ring (bicyclic) bond motifs is 3. The second-order valence-corrected chi connectivity index (χ2v) is 10.1. The molecule has 3 rings (SSSR count). The molecule has 0 aliphatic heterocycles. The molecule has 0 saturated carbocycles. The third kappa shape index (κ3) is 3.48. The number of hydrogen-bond acceptors (Lipinski definition) is 4. The van der Waals surface area contributed by atoms with Crippen molar-refractivity contribution in [2.75, 3.05) is 5.32 Å². The van der Waals surface area contributed by atoms with Crippen LogP contribution in [0.3, 0.4) is 0 Å². The van der Waals surface area contributed by atoms with Gasteiger partial charge in [-0.3, -0.25) is 0 Å². The van der Waals surface area contributed by atoms with E-state index < -0.39 is 0 Å². The van der Waals surface area contributed by atoms with Gasteiger partial charge in [0, 0.05) is 10.4 Å². The molecule has 0 radical (unpaired) electrons. The quantitative estimate of drug-likeness (QED) is 0.669. The highest BCUT2D eigenvalue weighted by Gasteiger charge is 2.32. The topological polar surface area (TPSA) is 37.8 Å². The van der Waals surface area contributed by atoms with Crippen molar-refractivity contribution >= 4 is 39.0 Å². The van der Waals surface area contributed by atoms with Gasteiger partial charge in [0.15, 0.2) is 0 Å². The summed E-state index contributed by atoms with van der Waals surface area (Å²) in [6.07, 6.45) is 3.49. The fourth-order valence-corrected chi connectivity index (χ4v) is 4.85. The predicted molar refractivity (Wildman–Crippen MR) is 101 cm³/mol. The first-order valence-electron chi connectivity index (χ1n) is 8.30. The summed E-state index contributed by atoms with van der Waals surface area (Å²) in [6.45, 7) is 13.5. The zero-order valence-corrected chi connectivity index (χ0v) is 16.5. The molecule has 0 fully saturated rings. The van der Waals surface area contributed by atoms with Crippen molar-refractivity contribution in [2.45, 2.75) is 66.3 Å². The molecule has 2 aromatic heterocycles. The highest BCUT2D eigenvalue weighted by molar-refractivity contribution is 7.19. The maximum absolute atomic E-state index is 6.16. The van der Waals surface area contributed by atoms with Crippen LogP contribution in [-0.2, 0) is 12.8 Å². The summed E-state index contributed by atoms with van der Waals surface area (Å²) in [5.41, 5.74) is 1.74. The van der Waals surface area contributed by atoms with Crippen molar-refractivity contribution in [1.82, 2.24) is 9.97 Å². The minimum Gasteiger partial charge on any atom is -0.365 e. The molecule has 1 aliphatic rings. The van der Waals surface area contributed by atoms with E-state index in [4.69, 9.17) is 11.6 Å². The monoisotopic (exact) mass is 351 g/mol. The SMILES string of the molecule is CC(C)(C)Nc1nc(Cl)nc2sc3c(c12)CCC(C(C)(C)C)C3. The fraction of sp³-hybridized carbons (Fsp3) is 0.667. The van der Waals surface area contributed by atoms with E-state index in [9.17, 15) is 0 Å². The molecule has 1 atom stereocenters. The van der Waals surface area contributed by atoms with Crippen LogP contribution in [0.15, 0.2) is 0 Å². The van der Waals surface area contributed by atoms with Crippen molar-refractivity contribution in [3.8, 4) is 0 Å². The number of halogens is 1. The molecular formula is C18H26ClN3S. The lowest BCUT2D eigenvalue weighted by atomic mass is 9.72. The number of anilines is 1. The van der Waals surface area contributed by atoms with Crippen LogP contribution in [0.2, 0.25) is 5.28 Å². The van der Waals surface area contributed by atoms with Crippen LogP contribution >= 0.6 is 22.9 Å². The first kappa shape index (κ1) is 17.0. The standard InChI is InChI=1S/C18H26ClN3S/c1-17(2,3)10-7-8-11-12(9-10)23-15-13(11)14(20-16(19)21-15)22-18(4,5)6/h10H,7-9H2,1-6H3,(H,20,21,22). The van der Waals surface area contributed by atoms with E-state index in [1.165, 1.54) is 22.2 Å². The number of thiophene rings is 1. The highest BCUT2D eigenvalue weighted by atomic mass is 35.5. The van der Waals surface area contributed by atoms with Crippen molar-refractivity contribution in [3.05, 3.63) is 15.7 Å². The second-order valence-electron chi connectivity index (χ2n) is 8.71. The van der Waals surface area contributed by atoms with Crippen molar-refractivity contribution in [1.29, 1.82) is 0 Å². The smallest absolute Gasteiger partial charge is 0.225 e. The van der Waals surface area contributed by atoms with E-state index >= 15 is 0 Å². The molecule has 0 spiro atoms. The Bertz CT molecular complexity index is 737. The van der Waals surface area contributed by atoms with E-state index in [0.29, 0.717) is 10.7 Å². The Morgan fingerprint density at radius 1 is 1.13 bits per heavy atom. The Morgan fingerprint density at radius 2 is 1.83 bits per heavy atom. The van der Waals surface area contributed by atoms with E-state index in [1.54, 1.807) is 11.3 Å². The summed E-state index contributed by atoms with van der Waals surface area (Å²) in [5.74, 6) is 1.62. The van der Waals surface area contributed by atoms with E-state index in [1.807, 2.05) is 0 Å². The minimum atomic E-state index is -0.0535. The Kier molecular flexibility index (Phi) is 4.13. The van der Waals surface area contributed by atoms with Gasteiger partial charge in [-0.2, -0.15) is 0 Å². The van der Waals surface area contributed by atoms with Crippen LogP contribution in [0.4, 0.5) is 5.82 Å². The second kappa shape index (κ2) is 5.59. The van der Waals surface area contributed by atoms with Gasteiger partial charge < -0.3 is 5.32 Å². The molecule has 5 heteroatoms. The normalized spacial score (nSPS) is 19.0. The first-order valence-corrected chi connectivity index (χ1v) is 9.50. The van der Waals surface area contributed by atoms with Crippen LogP contribution < -0.4 is 5.32 Å². The molecule has 2 aromatic rings. The summed E-state index contributed by atoms with van der Waals surface area (Å²) < 4.78 is 0. The molecule has 1 N–H and O–H groups in total. The van der Waals surface area contributed by atoms with Crippen molar-refractivity contribution in [3.63, 3.8) is 0 Å². The third-order valence-electron chi connectivity index (χ3n) is 4.60. The number of aromatic nitrogens is 2. The van der Waals surface area contributed by atoms with Crippen molar-refractivity contribution in [2.24, 2.45) is 11.3 Å². The van der Waals surface area contributed by atoms with Gasteiger partial charge in [-0.25, -0.2) is 9.97 Å². The lowest BCUT2D eigenvalue weighted by Gasteiger charge is -2.33. The molecule has 0 saturated heterocycles. The molecule has 0 amide bonds. The lowest BCUT2D eigenvalue weighted by molar-refractivity contribution is 0.218. The Balaban J connectivity index is 2.09.